The third-order valence-electron chi connectivity index (χ3n) is 4.44. The fourth-order valence-corrected chi connectivity index (χ4v) is 3.41. The Labute approximate surface area is 171 Å². The maximum atomic E-state index is 5.47. The Balaban J connectivity index is 1.63. The van der Waals surface area contributed by atoms with Crippen LogP contribution in [0.4, 0.5) is 5.82 Å². The van der Waals surface area contributed by atoms with Crippen molar-refractivity contribution in [2.75, 3.05) is 19.5 Å². The van der Waals surface area contributed by atoms with E-state index in [-0.39, 0.29) is 0 Å². The zero-order valence-electron chi connectivity index (χ0n) is 15.5. The first-order valence-electron chi connectivity index (χ1n) is 8.73. The van der Waals surface area contributed by atoms with Gasteiger partial charge in [0.2, 0.25) is 0 Å². The minimum absolute atomic E-state index is 0.554. The van der Waals surface area contributed by atoms with Crippen molar-refractivity contribution >= 4 is 32.8 Å². The van der Waals surface area contributed by atoms with Gasteiger partial charge in [0.25, 0.3) is 0 Å². The molecular weight excluding hydrogens is 420 g/mol. The van der Waals surface area contributed by atoms with Gasteiger partial charge >= 0.3 is 0 Å². The number of nitrogens with one attached hydrogen (secondary N) is 2. The van der Waals surface area contributed by atoms with Crippen molar-refractivity contribution in [2.45, 2.75) is 6.54 Å². The van der Waals surface area contributed by atoms with Crippen LogP contribution in [0.1, 0.15) is 5.56 Å². The molecule has 0 aliphatic heterocycles. The van der Waals surface area contributed by atoms with Gasteiger partial charge in [-0.1, -0.05) is 28.1 Å². The lowest BCUT2D eigenvalue weighted by molar-refractivity contribution is 0.391. The molecule has 6 nitrogen and oxygen atoms in total. The number of aromatic nitrogens is 3. The van der Waals surface area contributed by atoms with Crippen molar-refractivity contribution in [3.8, 4) is 22.9 Å². The fourth-order valence-electron chi connectivity index (χ4n) is 3.01. The summed E-state index contributed by atoms with van der Waals surface area (Å²) in [5.41, 5.74) is 3.73. The van der Waals surface area contributed by atoms with Gasteiger partial charge in [0, 0.05) is 34.4 Å². The van der Waals surface area contributed by atoms with Gasteiger partial charge in [-0.25, -0.2) is 9.97 Å². The number of ether oxygens (including phenoxy) is 2. The summed E-state index contributed by atoms with van der Waals surface area (Å²) in [4.78, 5) is 12.6. The Kier molecular flexibility index (Phi) is 5.16. The van der Waals surface area contributed by atoms with Crippen LogP contribution in [0.5, 0.6) is 11.5 Å². The van der Waals surface area contributed by atoms with Gasteiger partial charge in [-0.3, -0.25) is 0 Å². The third-order valence-corrected chi connectivity index (χ3v) is 4.93. The van der Waals surface area contributed by atoms with Crippen LogP contribution in [0.2, 0.25) is 0 Å². The fraction of sp³-hybridized carbons (Fsp3) is 0.143. The van der Waals surface area contributed by atoms with Crippen molar-refractivity contribution < 1.29 is 9.47 Å². The lowest BCUT2D eigenvalue weighted by atomic mass is 10.2. The predicted octanol–water partition coefficient (Wildman–Crippen LogP) is 5.02. The number of hydrogen-bond donors (Lipinski definition) is 2. The molecule has 4 aromatic rings. The van der Waals surface area contributed by atoms with E-state index in [2.05, 4.69) is 31.2 Å². The molecule has 4 rings (SSSR count). The molecule has 0 fully saturated rings. The molecule has 0 saturated heterocycles. The lowest BCUT2D eigenvalue weighted by Crippen LogP contribution is -2.04. The molecule has 142 valence electrons. The van der Waals surface area contributed by atoms with Crippen molar-refractivity contribution in [2.24, 2.45) is 0 Å². The van der Waals surface area contributed by atoms with E-state index in [1.54, 1.807) is 20.4 Å². The SMILES string of the molecule is COc1ccc(CNc2nccc3[nH]c(-c4cccc(Br)c4)nc23)c(OC)c1. The van der Waals surface area contributed by atoms with Gasteiger partial charge in [-0.15, -0.1) is 0 Å². The molecule has 2 N–H and O–H groups in total. The van der Waals surface area contributed by atoms with E-state index < -0.39 is 0 Å². The Morgan fingerprint density at radius 1 is 1.07 bits per heavy atom. The minimum atomic E-state index is 0.554. The summed E-state index contributed by atoms with van der Waals surface area (Å²) in [6, 6.07) is 15.7. The number of benzene rings is 2. The third kappa shape index (κ3) is 3.66. The van der Waals surface area contributed by atoms with Crippen LogP contribution in [0, 0.1) is 0 Å². The number of anilines is 1. The van der Waals surface area contributed by atoms with E-state index >= 15 is 0 Å². The summed E-state index contributed by atoms with van der Waals surface area (Å²) in [7, 11) is 3.28. The highest BCUT2D eigenvalue weighted by molar-refractivity contribution is 9.10. The second kappa shape index (κ2) is 7.90. The van der Waals surface area contributed by atoms with Crippen molar-refractivity contribution in [3.05, 3.63) is 64.8 Å². The maximum absolute atomic E-state index is 5.47. The van der Waals surface area contributed by atoms with E-state index in [1.807, 2.05) is 48.5 Å². The van der Waals surface area contributed by atoms with Crippen molar-refractivity contribution in [1.82, 2.24) is 15.0 Å². The van der Waals surface area contributed by atoms with Gasteiger partial charge < -0.3 is 19.8 Å². The molecule has 0 bridgehead atoms. The van der Waals surface area contributed by atoms with Crippen LogP contribution in [0.3, 0.4) is 0 Å². The van der Waals surface area contributed by atoms with Gasteiger partial charge in [0.15, 0.2) is 5.82 Å². The number of methoxy groups -OCH3 is 2. The number of aromatic amines is 1. The van der Waals surface area contributed by atoms with Gasteiger partial charge in [0.05, 0.1) is 19.7 Å². The molecule has 2 aromatic carbocycles. The number of rotatable bonds is 6. The predicted molar refractivity (Wildman–Crippen MR) is 114 cm³/mol. The number of halogens is 1. The molecule has 2 heterocycles. The summed E-state index contributed by atoms with van der Waals surface area (Å²) in [5.74, 6) is 3.03. The standard InChI is InChI=1S/C21H19BrN4O2/c1-27-16-7-6-14(18(11-16)28-2)12-24-21-19-17(8-9-23-21)25-20(26-19)13-4-3-5-15(22)10-13/h3-11H,12H2,1-2H3,(H,23,24)(H,25,26). The molecule has 0 atom stereocenters. The normalized spacial score (nSPS) is 10.8. The quantitative estimate of drug-likeness (QED) is 0.442. The summed E-state index contributed by atoms with van der Waals surface area (Å²) in [6.45, 7) is 0.554. The molecule has 28 heavy (non-hydrogen) atoms. The van der Waals surface area contributed by atoms with E-state index in [0.717, 1.165) is 44.0 Å². The van der Waals surface area contributed by atoms with Gasteiger partial charge in [-0.05, 0) is 30.3 Å². The van der Waals surface area contributed by atoms with E-state index in [4.69, 9.17) is 14.5 Å². The molecule has 7 heteroatoms. The van der Waals surface area contributed by atoms with Gasteiger partial charge in [-0.2, -0.15) is 0 Å². The average molecular weight is 439 g/mol. The zero-order chi connectivity index (χ0) is 19.5. The van der Waals surface area contributed by atoms with Crippen LogP contribution in [0.25, 0.3) is 22.4 Å². The average Bonchev–Trinajstić information content (AvgIpc) is 3.17. The maximum Gasteiger partial charge on any atom is 0.154 e. The van der Waals surface area contributed by atoms with Crippen LogP contribution < -0.4 is 14.8 Å². The Bertz CT molecular complexity index is 1130. The number of hydrogen-bond acceptors (Lipinski definition) is 5. The Morgan fingerprint density at radius 2 is 1.96 bits per heavy atom. The number of nitrogens with zero attached hydrogens (tertiary/aromatic N) is 2. The summed E-state index contributed by atoms with van der Waals surface area (Å²) in [6.07, 6.45) is 1.76. The number of H-pyrrole nitrogens is 1. The highest BCUT2D eigenvalue weighted by Crippen LogP contribution is 2.28. The smallest absolute Gasteiger partial charge is 0.154 e. The minimum Gasteiger partial charge on any atom is -0.497 e. The highest BCUT2D eigenvalue weighted by Gasteiger charge is 2.11. The highest BCUT2D eigenvalue weighted by atomic mass is 79.9. The zero-order valence-corrected chi connectivity index (χ0v) is 17.1. The molecule has 0 unspecified atom stereocenters. The van der Waals surface area contributed by atoms with Crippen LogP contribution in [-0.4, -0.2) is 29.2 Å². The second-order valence-electron chi connectivity index (χ2n) is 6.18. The molecular formula is C21H19BrN4O2. The topological polar surface area (TPSA) is 72.1 Å². The van der Waals surface area contributed by atoms with Gasteiger partial charge in [0.1, 0.15) is 22.8 Å². The summed E-state index contributed by atoms with van der Waals surface area (Å²) in [5, 5.41) is 3.37. The summed E-state index contributed by atoms with van der Waals surface area (Å²) < 4.78 is 11.7. The summed E-state index contributed by atoms with van der Waals surface area (Å²) >= 11 is 3.51. The first-order chi connectivity index (χ1) is 13.7. The second-order valence-corrected chi connectivity index (χ2v) is 7.10. The molecule has 0 spiro atoms. The van der Waals surface area contributed by atoms with Crippen LogP contribution >= 0.6 is 15.9 Å². The Hall–Kier alpha value is -3.06. The van der Waals surface area contributed by atoms with E-state index in [0.29, 0.717) is 12.4 Å². The van der Waals surface area contributed by atoms with Crippen LogP contribution in [-0.2, 0) is 6.54 Å². The Morgan fingerprint density at radius 3 is 2.75 bits per heavy atom. The molecule has 0 radical (unpaired) electrons. The number of imidazole rings is 1. The van der Waals surface area contributed by atoms with Crippen molar-refractivity contribution in [3.63, 3.8) is 0 Å². The molecule has 2 aromatic heterocycles. The molecule has 0 aliphatic carbocycles. The first kappa shape index (κ1) is 18.3. The number of pyridine rings is 1. The first-order valence-corrected chi connectivity index (χ1v) is 9.52. The number of fused-ring (bicyclic) bond motifs is 1. The monoisotopic (exact) mass is 438 g/mol. The van der Waals surface area contributed by atoms with Crippen LogP contribution in [0.15, 0.2) is 59.2 Å². The van der Waals surface area contributed by atoms with E-state index in [1.165, 1.54) is 0 Å². The van der Waals surface area contributed by atoms with Crippen molar-refractivity contribution in [1.29, 1.82) is 0 Å². The molecule has 0 saturated carbocycles. The molecule has 0 aliphatic rings. The lowest BCUT2D eigenvalue weighted by Gasteiger charge is -2.11. The van der Waals surface area contributed by atoms with E-state index in [9.17, 15) is 0 Å². The molecule has 0 amide bonds. The largest absolute Gasteiger partial charge is 0.497 e.